The van der Waals surface area contributed by atoms with E-state index in [-0.39, 0.29) is 0 Å². The molecule has 0 bridgehead atoms. The molecule has 0 aromatic carbocycles. The maximum absolute atomic E-state index is 11.2. The Morgan fingerprint density at radius 2 is 2.15 bits per heavy atom. The molecule has 1 aromatic heterocycles. The third-order valence-electron chi connectivity index (χ3n) is 1.34. The van der Waals surface area contributed by atoms with Crippen molar-refractivity contribution in [1.82, 2.24) is 4.98 Å². The molecule has 13 heavy (non-hydrogen) atoms. The number of aliphatic carboxylic acids is 1. The second-order valence-electron chi connectivity index (χ2n) is 2.39. The summed E-state index contributed by atoms with van der Waals surface area (Å²) in [6.07, 6.45) is 2.37. The minimum atomic E-state index is -1.13. The smallest absolute Gasteiger partial charge is 0.311 e. The molecule has 4 nitrogen and oxygen atoms in total. The highest BCUT2D eigenvalue weighted by molar-refractivity contribution is 9.10. The number of rotatable bonds is 3. The molecule has 0 aliphatic carbocycles. The largest absolute Gasteiger partial charge is 0.481 e. The number of carbonyl (C=O) groups is 2. The Morgan fingerprint density at radius 1 is 1.46 bits per heavy atom. The van der Waals surface area contributed by atoms with Crippen LogP contribution in [0, 0.1) is 0 Å². The van der Waals surface area contributed by atoms with E-state index in [1.165, 1.54) is 18.5 Å². The summed E-state index contributed by atoms with van der Waals surface area (Å²) in [6.45, 7) is 0. The number of nitrogens with zero attached hydrogens (tertiary/aromatic N) is 1. The molecule has 1 N–H and O–H groups in total. The van der Waals surface area contributed by atoms with E-state index in [1.54, 1.807) is 0 Å². The molecular weight excluding hydrogens is 238 g/mol. The van der Waals surface area contributed by atoms with Crippen molar-refractivity contribution >= 4 is 27.7 Å². The highest BCUT2D eigenvalue weighted by atomic mass is 79.9. The zero-order chi connectivity index (χ0) is 9.84. The number of hydrogen-bond donors (Lipinski definition) is 1. The van der Waals surface area contributed by atoms with Gasteiger partial charge < -0.3 is 5.11 Å². The Labute approximate surface area is 82.7 Å². The summed E-state index contributed by atoms with van der Waals surface area (Å²) < 4.78 is 0.656. The first kappa shape index (κ1) is 9.85. The molecular formula is C8H6BrNO3. The first-order valence-corrected chi connectivity index (χ1v) is 4.24. The lowest BCUT2D eigenvalue weighted by atomic mass is 10.1. The van der Waals surface area contributed by atoms with Gasteiger partial charge in [-0.25, -0.2) is 0 Å². The van der Waals surface area contributed by atoms with Gasteiger partial charge in [-0.15, -0.1) is 0 Å². The zero-order valence-corrected chi connectivity index (χ0v) is 8.11. The number of aromatic nitrogens is 1. The van der Waals surface area contributed by atoms with Crippen LogP contribution in [-0.4, -0.2) is 21.8 Å². The molecule has 0 radical (unpaired) electrons. The van der Waals surface area contributed by atoms with Crippen LogP contribution in [0.4, 0.5) is 0 Å². The lowest BCUT2D eigenvalue weighted by Gasteiger charge is -1.96. The minimum absolute atomic E-state index is 0.303. The van der Waals surface area contributed by atoms with Crippen molar-refractivity contribution in [3.8, 4) is 0 Å². The summed E-state index contributed by atoms with van der Waals surface area (Å²) in [6, 6.07) is 1.54. The quantitative estimate of drug-likeness (QED) is 0.646. The molecule has 1 aromatic rings. The van der Waals surface area contributed by atoms with Crippen LogP contribution in [0.5, 0.6) is 0 Å². The van der Waals surface area contributed by atoms with E-state index in [4.69, 9.17) is 5.11 Å². The summed E-state index contributed by atoms with van der Waals surface area (Å²) in [7, 11) is 0. The summed E-state index contributed by atoms with van der Waals surface area (Å²) >= 11 is 3.13. The molecule has 0 fully saturated rings. The van der Waals surface area contributed by atoms with E-state index < -0.39 is 18.2 Å². The number of ketones is 1. The fourth-order valence-corrected chi connectivity index (χ4v) is 1.17. The van der Waals surface area contributed by atoms with Gasteiger partial charge >= 0.3 is 5.97 Å². The van der Waals surface area contributed by atoms with Crippen LogP contribution in [0.2, 0.25) is 0 Å². The van der Waals surface area contributed by atoms with E-state index in [2.05, 4.69) is 20.9 Å². The summed E-state index contributed by atoms with van der Waals surface area (Å²) in [4.78, 5) is 25.1. The molecule has 0 saturated heterocycles. The molecule has 5 heteroatoms. The standard InChI is InChI=1S/C8H6BrNO3/c9-6-1-5(3-10-4-6)7(11)2-8(12)13/h1,3-4H,2H2,(H,12,13). The average molecular weight is 244 g/mol. The van der Waals surface area contributed by atoms with Gasteiger partial charge in [0.05, 0.1) is 0 Å². The van der Waals surface area contributed by atoms with E-state index in [0.29, 0.717) is 10.0 Å². The van der Waals surface area contributed by atoms with E-state index in [9.17, 15) is 9.59 Å². The van der Waals surface area contributed by atoms with Crippen molar-refractivity contribution in [2.45, 2.75) is 6.42 Å². The number of hydrogen-bond acceptors (Lipinski definition) is 3. The Balaban J connectivity index is 2.83. The van der Waals surface area contributed by atoms with Crippen molar-refractivity contribution in [3.05, 3.63) is 28.5 Å². The van der Waals surface area contributed by atoms with Gasteiger partial charge in [-0.05, 0) is 22.0 Å². The second kappa shape index (κ2) is 4.13. The monoisotopic (exact) mass is 243 g/mol. The van der Waals surface area contributed by atoms with Crippen LogP contribution < -0.4 is 0 Å². The first-order chi connectivity index (χ1) is 6.09. The van der Waals surface area contributed by atoms with Crippen molar-refractivity contribution in [3.63, 3.8) is 0 Å². The summed E-state index contributed by atoms with van der Waals surface area (Å²) in [5.74, 6) is -1.58. The lowest BCUT2D eigenvalue weighted by Crippen LogP contribution is -2.07. The Kier molecular flexibility index (Phi) is 3.13. The highest BCUT2D eigenvalue weighted by Gasteiger charge is 2.10. The molecule has 0 aliphatic heterocycles. The van der Waals surface area contributed by atoms with Gasteiger partial charge in [0.1, 0.15) is 6.42 Å². The fourth-order valence-electron chi connectivity index (χ4n) is 0.804. The predicted octanol–water partition coefficient (Wildman–Crippen LogP) is 1.50. The van der Waals surface area contributed by atoms with E-state index in [1.807, 2.05) is 0 Å². The van der Waals surface area contributed by atoms with E-state index in [0.717, 1.165) is 0 Å². The molecule has 0 unspecified atom stereocenters. The van der Waals surface area contributed by atoms with Crippen LogP contribution in [-0.2, 0) is 4.79 Å². The third-order valence-corrected chi connectivity index (χ3v) is 1.77. The molecule has 0 spiro atoms. The van der Waals surface area contributed by atoms with Gasteiger partial charge in [0.15, 0.2) is 5.78 Å². The molecule has 0 aliphatic rings. The minimum Gasteiger partial charge on any atom is -0.481 e. The van der Waals surface area contributed by atoms with Gasteiger partial charge in [-0.3, -0.25) is 14.6 Å². The number of Topliss-reactive ketones (excluding diaryl/α,β-unsaturated/α-hetero) is 1. The normalized spacial score (nSPS) is 9.62. The molecule has 0 amide bonds. The van der Waals surface area contributed by atoms with Gasteiger partial charge in [-0.2, -0.15) is 0 Å². The number of carbonyl (C=O) groups excluding carboxylic acids is 1. The maximum atomic E-state index is 11.2. The van der Waals surface area contributed by atoms with Crippen LogP contribution in [0.25, 0.3) is 0 Å². The highest BCUT2D eigenvalue weighted by Crippen LogP contribution is 2.10. The Morgan fingerprint density at radius 3 is 2.69 bits per heavy atom. The van der Waals surface area contributed by atoms with Crippen LogP contribution in [0.3, 0.4) is 0 Å². The topological polar surface area (TPSA) is 67.3 Å². The second-order valence-corrected chi connectivity index (χ2v) is 3.30. The molecule has 1 rings (SSSR count). The number of pyridine rings is 1. The van der Waals surface area contributed by atoms with Gasteiger partial charge in [0.25, 0.3) is 0 Å². The van der Waals surface area contributed by atoms with Crippen molar-refractivity contribution in [2.75, 3.05) is 0 Å². The van der Waals surface area contributed by atoms with Crippen LogP contribution >= 0.6 is 15.9 Å². The number of carboxylic acid groups (broad SMARTS) is 1. The summed E-state index contributed by atoms with van der Waals surface area (Å²) in [5, 5.41) is 8.36. The Hall–Kier alpha value is -1.23. The molecule has 0 saturated carbocycles. The molecule has 68 valence electrons. The average Bonchev–Trinajstić information content (AvgIpc) is 2.03. The number of carboxylic acids is 1. The van der Waals surface area contributed by atoms with Gasteiger partial charge in [0.2, 0.25) is 0 Å². The zero-order valence-electron chi connectivity index (χ0n) is 6.53. The van der Waals surface area contributed by atoms with Crippen molar-refractivity contribution in [2.24, 2.45) is 0 Å². The fraction of sp³-hybridized carbons (Fsp3) is 0.125. The Bertz CT molecular complexity index is 351. The number of halogens is 1. The van der Waals surface area contributed by atoms with Gasteiger partial charge in [-0.1, -0.05) is 0 Å². The maximum Gasteiger partial charge on any atom is 0.311 e. The predicted molar refractivity (Wildman–Crippen MR) is 48.5 cm³/mol. The van der Waals surface area contributed by atoms with E-state index >= 15 is 0 Å². The SMILES string of the molecule is O=C(O)CC(=O)c1cncc(Br)c1. The third kappa shape index (κ3) is 2.95. The summed E-state index contributed by atoms with van der Waals surface area (Å²) in [5.41, 5.74) is 0.303. The first-order valence-electron chi connectivity index (χ1n) is 3.45. The molecule has 1 heterocycles. The lowest BCUT2D eigenvalue weighted by molar-refractivity contribution is -0.135. The molecule has 0 atom stereocenters. The van der Waals surface area contributed by atoms with Gasteiger partial charge in [0, 0.05) is 22.4 Å². The van der Waals surface area contributed by atoms with Crippen molar-refractivity contribution in [1.29, 1.82) is 0 Å². The van der Waals surface area contributed by atoms with Crippen LogP contribution in [0.1, 0.15) is 16.8 Å². The van der Waals surface area contributed by atoms with Crippen LogP contribution in [0.15, 0.2) is 22.9 Å². The van der Waals surface area contributed by atoms with Crippen molar-refractivity contribution < 1.29 is 14.7 Å².